The van der Waals surface area contributed by atoms with Crippen molar-refractivity contribution < 1.29 is 9.59 Å². The van der Waals surface area contributed by atoms with Crippen molar-refractivity contribution in [3.05, 3.63) is 76.3 Å². The van der Waals surface area contributed by atoms with E-state index in [4.69, 9.17) is 0 Å². The molecule has 0 amide bonds. The number of ketones is 2. The Morgan fingerprint density at radius 2 is 1.35 bits per heavy atom. The number of hydrogen-bond acceptors (Lipinski definition) is 5. The molecule has 5 heteroatoms. The highest BCUT2D eigenvalue weighted by Gasteiger charge is 2.36. The van der Waals surface area contributed by atoms with E-state index in [2.05, 4.69) is 16.8 Å². The molecular formula is C21H20N2O2S. The molecule has 0 saturated carbocycles. The topological polar surface area (TPSA) is 40.6 Å². The fourth-order valence-electron chi connectivity index (χ4n) is 3.36. The van der Waals surface area contributed by atoms with Gasteiger partial charge >= 0.3 is 0 Å². The van der Waals surface area contributed by atoms with Crippen molar-refractivity contribution >= 4 is 23.3 Å². The average Bonchev–Trinajstić information content (AvgIpc) is 2.68. The van der Waals surface area contributed by atoms with E-state index in [9.17, 15) is 9.59 Å². The number of nitrogens with zero attached hydrogens (tertiary/aromatic N) is 2. The standard InChI is InChI=1S/C21H20N2O2S/c1-22-11-13-23(14-12-22)18-19(24)16-9-5-6-10-17(16)20(25)21(18)26-15-7-3-2-4-8-15/h2-10H,11-14H2,1H3. The Bertz CT molecular complexity index is 884. The van der Waals surface area contributed by atoms with Gasteiger partial charge in [0.15, 0.2) is 0 Å². The number of Topliss-reactive ketones (excluding diaryl/α,β-unsaturated/α-hetero) is 2. The van der Waals surface area contributed by atoms with E-state index in [1.54, 1.807) is 12.1 Å². The van der Waals surface area contributed by atoms with Gasteiger partial charge in [-0.2, -0.15) is 0 Å². The molecule has 2 aromatic rings. The van der Waals surface area contributed by atoms with Gasteiger partial charge in [0, 0.05) is 42.2 Å². The maximum atomic E-state index is 13.3. The van der Waals surface area contributed by atoms with Gasteiger partial charge in [0.2, 0.25) is 11.6 Å². The summed E-state index contributed by atoms with van der Waals surface area (Å²) in [6.45, 7) is 3.28. The number of allylic oxidation sites excluding steroid dienone is 2. The lowest BCUT2D eigenvalue weighted by atomic mass is 9.91. The summed E-state index contributed by atoms with van der Waals surface area (Å²) in [6, 6.07) is 16.9. The number of rotatable bonds is 3. The second kappa shape index (κ2) is 7.09. The largest absolute Gasteiger partial charge is 0.365 e. The summed E-state index contributed by atoms with van der Waals surface area (Å²) in [5, 5.41) is 0. The van der Waals surface area contributed by atoms with E-state index in [0.29, 0.717) is 21.7 Å². The Hall–Kier alpha value is -2.37. The molecule has 0 radical (unpaired) electrons. The van der Waals surface area contributed by atoms with Gasteiger partial charge in [0.05, 0.1) is 4.91 Å². The molecule has 1 aliphatic heterocycles. The number of carbonyl (C=O) groups is 2. The van der Waals surface area contributed by atoms with Gasteiger partial charge in [-0.3, -0.25) is 9.59 Å². The normalized spacial score (nSPS) is 18.3. The van der Waals surface area contributed by atoms with Crippen LogP contribution in [0.4, 0.5) is 0 Å². The van der Waals surface area contributed by atoms with Crippen LogP contribution >= 0.6 is 11.8 Å². The minimum absolute atomic E-state index is 0.0387. The molecule has 1 fully saturated rings. The number of fused-ring (bicyclic) bond motifs is 1. The SMILES string of the molecule is CN1CCN(C2=C(Sc3ccccc3)C(=O)c3ccccc3C2=O)CC1. The predicted octanol–water partition coefficient (Wildman–Crippen LogP) is 3.32. The Labute approximate surface area is 157 Å². The second-order valence-electron chi connectivity index (χ2n) is 6.59. The highest BCUT2D eigenvalue weighted by molar-refractivity contribution is 8.04. The first-order valence-electron chi connectivity index (χ1n) is 8.74. The van der Waals surface area contributed by atoms with Crippen LogP contribution in [0, 0.1) is 0 Å². The van der Waals surface area contributed by atoms with E-state index in [1.807, 2.05) is 42.5 Å². The number of hydrogen-bond donors (Lipinski definition) is 0. The number of likely N-dealkylation sites (N-methyl/N-ethyl adjacent to an activating group) is 1. The molecule has 0 N–H and O–H groups in total. The highest BCUT2D eigenvalue weighted by Crippen LogP contribution is 2.38. The Morgan fingerprint density at radius 3 is 2.00 bits per heavy atom. The summed E-state index contributed by atoms with van der Waals surface area (Å²) in [6.07, 6.45) is 0. The van der Waals surface area contributed by atoms with Crippen LogP contribution in [0.2, 0.25) is 0 Å². The predicted molar refractivity (Wildman–Crippen MR) is 103 cm³/mol. The maximum absolute atomic E-state index is 13.3. The molecule has 0 bridgehead atoms. The zero-order valence-corrected chi connectivity index (χ0v) is 15.5. The first-order chi connectivity index (χ1) is 12.6. The smallest absolute Gasteiger partial charge is 0.211 e. The summed E-state index contributed by atoms with van der Waals surface area (Å²) < 4.78 is 0. The monoisotopic (exact) mass is 364 g/mol. The zero-order valence-electron chi connectivity index (χ0n) is 14.6. The van der Waals surface area contributed by atoms with Gasteiger partial charge in [-0.1, -0.05) is 54.2 Å². The molecule has 0 aromatic heterocycles. The molecule has 2 aliphatic rings. The lowest BCUT2D eigenvalue weighted by Gasteiger charge is -2.37. The molecule has 2 aromatic carbocycles. The van der Waals surface area contributed by atoms with E-state index >= 15 is 0 Å². The minimum atomic E-state index is -0.0528. The molecular weight excluding hydrogens is 344 g/mol. The number of piperazine rings is 1. The Balaban J connectivity index is 1.80. The van der Waals surface area contributed by atoms with Crippen molar-refractivity contribution in [2.45, 2.75) is 4.90 Å². The first kappa shape index (κ1) is 17.1. The molecule has 0 atom stereocenters. The molecule has 4 rings (SSSR count). The summed E-state index contributed by atoms with van der Waals surface area (Å²) >= 11 is 1.40. The highest BCUT2D eigenvalue weighted by atomic mass is 32.2. The first-order valence-corrected chi connectivity index (χ1v) is 9.56. The van der Waals surface area contributed by atoms with Crippen LogP contribution in [0.3, 0.4) is 0 Å². The minimum Gasteiger partial charge on any atom is -0.365 e. The van der Waals surface area contributed by atoms with Gasteiger partial charge in [0.25, 0.3) is 0 Å². The van der Waals surface area contributed by atoms with E-state index in [1.165, 1.54) is 11.8 Å². The Morgan fingerprint density at radius 1 is 0.769 bits per heavy atom. The van der Waals surface area contributed by atoms with Crippen LogP contribution in [-0.4, -0.2) is 54.6 Å². The molecule has 1 aliphatic carbocycles. The zero-order chi connectivity index (χ0) is 18.1. The quantitative estimate of drug-likeness (QED) is 0.836. The fourth-order valence-corrected chi connectivity index (χ4v) is 4.41. The van der Waals surface area contributed by atoms with Crippen molar-refractivity contribution in [1.29, 1.82) is 0 Å². The number of thioether (sulfide) groups is 1. The van der Waals surface area contributed by atoms with Gasteiger partial charge < -0.3 is 9.80 Å². The lowest BCUT2D eigenvalue weighted by molar-refractivity contribution is 0.0923. The third-order valence-corrected chi connectivity index (χ3v) is 5.93. The average molecular weight is 364 g/mol. The van der Waals surface area contributed by atoms with Crippen LogP contribution in [0.1, 0.15) is 20.7 Å². The van der Waals surface area contributed by atoms with E-state index in [-0.39, 0.29) is 11.6 Å². The van der Waals surface area contributed by atoms with Crippen LogP contribution in [0.15, 0.2) is 70.1 Å². The number of carbonyl (C=O) groups excluding carboxylic acids is 2. The molecule has 132 valence electrons. The van der Waals surface area contributed by atoms with Crippen LogP contribution in [0.25, 0.3) is 0 Å². The van der Waals surface area contributed by atoms with Crippen LogP contribution in [-0.2, 0) is 0 Å². The van der Waals surface area contributed by atoms with Crippen molar-refractivity contribution in [1.82, 2.24) is 9.80 Å². The van der Waals surface area contributed by atoms with E-state index in [0.717, 1.165) is 31.1 Å². The molecule has 1 heterocycles. The summed E-state index contributed by atoms with van der Waals surface area (Å²) in [7, 11) is 2.08. The van der Waals surface area contributed by atoms with E-state index < -0.39 is 0 Å². The van der Waals surface area contributed by atoms with Crippen molar-refractivity contribution in [2.75, 3.05) is 33.2 Å². The molecule has 4 nitrogen and oxygen atoms in total. The molecule has 26 heavy (non-hydrogen) atoms. The van der Waals surface area contributed by atoms with Crippen molar-refractivity contribution in [3.63, 3.8) is 0 Å². The summed E-state index contributed by atoms with van der Waals surface area (Å²) in [4.78, 5) is 32.3. The fraction of sp³-hybridized carbons (Fsp3) is 0.238. The molecule has 1 saturated heterocycles. The van der Waals surface area contributed by atoms with Crippen molar-refractivity contribution in [3.8, 4) is 0 Å². The second-order valence-corrected chi connectivity index (χ2v) is 7.67. The van der Waals surface area contributed by atoms with Crippen LogP contribution in [0.5, 0.6) is 0 Å². The van der Waals surface area contributed by atoms with Gasteiger partial charge in [-0.05, 0) is 19.2 Å². The third kappa shape index (κ3) is 3.08. The molecule has 0 unspecified atom stereocenters. The lowest BCUT2D eigenvalue weighted by Crippen LogP contribution is -2.46. The van der Waals surface area contributed by atoms with Crippen LogP contribution < -0.4 is 0 Å². The van der Waals surface area contributed by atoms with Gasteiger partial charge in [-0.25, -0.2) is 0 Å². The van der Waals surface area contributed by atoms with Crippen molar-refractivity contribution in [2.24, 2.45) is 0 Å². The summed E-state index contributed by atoms with van der Waals surface area (Å²) in [5.41, 5.74) is 1.59. The van der Waals surface area contributed by atoms with Gasteiger partial charge in [-0.15, -0.1) is 0 Å². The van der Waals surface area contributed by atoms with Gasteiger partial charge in [0.1, 0.15) is 5.70 Å². The number of benzene rings is 2. The summed E-state index contributed by atoms with van der Waals surface area (Å²) in [5.74, 6) is -0.0915. The third-order valence-electron chi connectivity index (χ3n) is 4.84. The maximum Gasteiger partial charge on any atom is 0.211 e. The Kier molecular flexibility index (Phi) is 4.66. The molecule has 0 spiro atoms.